The van der Waals surface area contributed by atoms with Crippen LogP contribution in [0.5, 0.6) is 0 Å². The summed E-state index contributed by atoms with van der Waals surface area (Å²) in [4.78, 5) is 24.8. The molecule has 0 bridgehead atoms. The van der Waals surface area contributed by atoms with Gasteiger partial charge in [0.2, 0.25) is 0 Å². The summed E-state index contributed by atoms with van der Waals surface area (Å²) < 4.78 is 50.9. The third-order valence-electron chi connectivity index (χ3n) is 4.87. The molecule has 0 aliphatic rings. The summed E-state index contributed by atoms with van der Waals surface area (Å²) in [6.07, 6.45) is 3.30. The standard InChI is InChI=1S/C28H68O10Si8/c1-39(2,3)33-45(34-40(4,5)6,35-41(7,8)9)25-19-23-31-27(29)21-22-28(30)32-24-20-26-46(36-42(10,11)12,37-43(13,14)15)38-44(16,17)18/h21-22H,19-20,23-26H2,1-18H3. The Morgan fingerprint density at radius 1 is 0.391 bits per heavy atom. The van der Waals surface area contributed by atoms with E-state index in [2.05, 4.69) is 118 Å². The van der Waals surface area contributed by atoms with Crippen molar-refractivity contribution in [3.05, 3.63) is 12.2 Å². The van der Waals surface area contributed by atoms with Crippen LogP contribution in [0, 0.1) is 0 Å². The molecule has 0 spiro atoms. The second-order valence-corrected chi connectivity index (χ2v) is 51.5. The summed E-state index contributed by atoms with van der Waals surface area (Å²) in [5, 5.41) is 0. The Kier molecular flexibility index (Phi) is 18.0. The van der Waals surface area contributed by atoms with Gasteiger partial charge in [0.15, 0.2) is 49.9 Å². The fourth-order valence-electron chi connectivity index (χ4n) is 4.39. The fourth-order valence-corrected chi connectivity index (χ4v) is 33.6. The summed E-state index contributed by atoms with van der Waals surface area (Å²) in [6, 6.07) is 1.14. The van der Waals surface area contributed by atoms with Crippen LogP contribution in [-0.4, -0.2) is 92.7 Å². The number of hydrogen-bond donors (Lipinski definition) is 0. The zero-order valence-electron chi connectivity index (χ0n) is 32.5. The van der Waals surface area contributed by atoms with Crippen LogP contribution in [0.4, 0.5) is 0 Å². The van der Waals surface area contributed by atoms with Gasteiger partial charge in [0.1, 0.15) is 0 Å². The highest BCUT2D eigenvalue weighted by molar-refractivity contribution is 6.91. The molecule has 46 heavy (non-hydrogen) atoms. The highest BCUT2D eigenvalue weighted by Crippen LogP contribution is 2.31. The average Bonchev–Trinajstić information content (AvgIpc) is 2.70. The van der Waals surface area contributed by atoms with Crippen molar-refractivity contribution >= 4 is 79.5 Å². The summed E-state index contributed by atoms with van der Waals surface area (Å²) >= 11 is 0. The normalized spacial score (nSPS) is 14.6. The molecule has 0 heterocycles. The van der Waals surface area contributed by atoms with E-state index in [1.54, 1.807) is 0 Å². The molecular weight excluding hydrogens is 721 g/mol. The molecule has 0 rings (SSSR count). The van der Waals surface area contributed by atoms with Crippen molar-refractivity contribution in [2.24, 2.45) is 0 Å². The van der Waals surface area contributed by atoms with Crippen LogP contribution in [0.15, 0.2) is 12.2 Å². The lowest BCUT2D eigenvalue weighted by Crippen LogP contribution is -2.60. The lowest BCUT2D eigenvalue weighted by Gasteiger charge is -2.43. The van der Waals surface area contributed by atoms with Gasteiger partial charge in [-0.3, -0.25) is 0 Å². The van der Waals surface area contributed by atoms with Crippen molar-refractivity contribution in [2.45, 2.75) is 143 Å². The van der Waals surface area contributed by atoms with Gasteiger partial charge in [0, 0.05) is 24.2 Å². The van der Waals surface area contributed by atoms with Crippen LogP contribution in [0.2, 0.25) is 130 Å². The maximum absolute atomic E-state index is 12.4. The molecule has 0 aromatic heterocycles. The molecule has 0 aromatic rings. The molecule has 0 saturated carbocycles. The fraction of sp³-hybridized carbons (Fsp3) is 0.857. The Balaban J connectivity index is 5.22. The van der Waals surface area contributed by atoms with Crippen molar-refractivity contribution in [3.8, 4) is 0 Å². The van der Waals surface area contributed by atoms with Gasteiger partial charge in [-0.1, -0.05) is 0 Å². The summed E-state index contributed by atoms with van der Waals surface area (Å²) in [7, 11) is -17.9. The maximum Gasteiger partial charge on any atom is 0.469 e. The molecule has 0 amide bonds. The number of carbonyl (C=O) groups excluding carboxylic acids is 2. The van der Waals surface area contributed by atoms with Crippen molar-refractivity contribution in [2.75, 3.05) is 13.2 Å². The van der Waals surface area contributed by atoms with Gasteiger partial charge in [-0.15, -0.1) is 0 Å². The Hall–Kier alpha value is 0.175. The Morgan fingerprint density at radius 3 is 0.761 bits per heavy atom. The van der Waals surface area contributed by atoms with Gasteiger partial charge in [-0.25, -0.2) is 9.59 Å². The molecule has 10 nitrogen and oxygen atoms in total. The zero-order chi connectivity index (χ0) is 36.5. The Bertz CT molecular complexity index is 826. The molecular formula is C28H68O10Si8. The lowest BCUT2D eigenvalue weighted by molar-refractivity contribution is -0.140. The molecule has 0 radical (unpaired) electrons. The van der Waals surface area contributed by atoms with E-state index in [0.717, 1.165) is 12.2 Å². The van der Waals surface area contributed by atoms with E-state index in [9.17, 15) is 9.59 Å². The molecule has 0 unspecified atom stereocenters. The van der Waals surface area contributed by atoms with Gasteiger partial charge in [-0.2, -0.15) is 0 Å². The third kappa shape index (κ3) is 25.2. The van der Waals surface area contributed by atoms with Crippen molar-refractivity contribution in [3.63, 3.8) is 0 Å². The predicted molar refractivity (Wildman–Crippen MR) is 208 cm³/mol. The lowest BCUT2D eigenvalue weighted by atomic mass is 10.4. The molecule has 0 aromatic carbocycles. The highest BCUT2D eigenvalue weighted by atomic mass is 28.5. The quantitative estimate of drug-likeness (QED) is 0.0460. The van der Waals surface area contributed by atoms with E-state index >= 15 is 0 Å². The van der Waals surface area contributed by atoms with E-state index in [1.165, 1.54) is 0 Å². The SMILES string of the molecule is C[Si](C)(C)O[Si](CCCOC(=O)C=CC(=O)OCCC[Si](O[Si](C)(C)C)(O[Si](C)(C)C)O[Si](C)(C)C)(O[Si](C)(C)C)O[Si](C)(C)C. The maximum atomic E-state index is 12.4. The van der Waals surface area contributed by atoms with Crippen LogP contribution >= 0.6 is 0 Å². The van der Waals surface area contributed by atoms with E-state index in [0.29, 0.717) is 24.9 Å². The zero-order valence-corrected chi connectivity index (χ0v) is 40.5. The molecule has 0 atom stereocenters. The smallest absolute Gasteiger partial charge is 0.463 e. The summed E-state index contributed by atoms with van der Waals surface area (Å²) in [6.45, 7) is 38.9. The van der Waals surface area contributed by atoms with E-state index in [4.69, 9.17) is 34.2 Å². The monoisotopic (exact) mass is 788 g/mol. The average molecular weight is 790 g/mol. The summed E-state index contributed by atoms with van der Waals surface area (Å²) in [5.41, 5.74) is 0. The minimum atomic E-state index is -3.00. The summed E-state index contributed by atoms with van der Waals surface area (Å²) in [5.74, 6) is -1.20. The predicted octanol–water partition coefficient (Wildman–Crippen LogP) is 8.40. The molecule has 0 aliphatic carbocycles. The number of ether oxygens (including phenoxy) is 2. The van der Waals surface area contributed by atoms with Crippen molar-refractivity contribution in [1.82, 2.24) is 0 Å². The number of rotatable bonds is 22. The molecule has 272 valence electrons. The van der Waals surface area contributed by atoms with Crippen LogP contribution in [0.3, 0.4) is 0 Å². The van der Waals surface area contributed by atoms with E-state index in [-0.39, 0.29) is 13.2 Å². The van der Waals surface area contributed by atoms with Crippen LogP contribution in [0.25, 0.3) is 0 Å². The van der Waals surface area contributed by atoms with Gasteiger partial charge in [0.25, 0.3) is 0 Å². The van der Waals surface area contributed by atoms with E-state index in [1.807, 2.05) is 0 Å². The van der Waals surface area contributed by atoms with Gasteiger partial charge >= 0.3 is 29.5 Å². The number of hydrogen-bond acceptors (Lipinski definition) is 10. The van der Waals surface area contributed by atoms with Gasteiger partial charge in [-0.05, 0) is 131 Å². The topological polar surface area (TPSA) is 108 Å². The minimum Gasteiger partial charge on any atom is -0.463 e. The largest absolute Gasteiger partial charge is 0.469 e. The first-order chi connectivity index (χ1) is 20.2. The van der Waals surface area contributed by atoms with Crippen LogP contribution in [-0.2, 0) is 43.8 Å². The molecule has 0 aliphatic heterocycles. The Morgan fingerprint density at radius 2 is 0.587 bits per heavy atom. The number of carbonyl (C=O) groups is 2. The highest BCUT2D eigenvalue weighted by Gasteiger charge is 2.50. The first-order valence-electron chi connectivity index (χ1n) is 16.5. The van der Waals surface area contributed by atoms with Crippen molar-refractivity contribution < 1.29 is 43.8 Å². The minimum absolute atomic E-state index is 0.171. The molecule has 0 saturated heterocycles. The molecule has 18 heteroatoms. The Labute approximate surface area is 290 Å². The third-order valence-corrected chi connectivity index (χ3v) is 29.0. The number of esters is 2. The first kappa shape index (κ1) is 46.2. The van der Waals surface area contributed by atoms with E-state index < -0.39 is 79.5 Å². The molecule has 0 N–H and O–H groups in total. The first-order valence-corrected chi connectivity index (χ1v) is 40.8. The molecule has 0 fully saturated rings. The second kappa shape index (κ2) is 17.9. The van der Waals surface area contributed by atoms with Crippen LogP contribution in [0.1, 0.15) is 12.8 Å². The van der Waals surface area contributed by atoms with Crippen LogP contribution < -0.4 is 0 Å². The second-order valence-electron chi connectivity index (χ2n) is 17.5. The van der Waals surface area contributed by atoms with Crippen molar-refractivity contribution in [1.29, 1.82) is 0 Å². The van der Waals surface area contributed by atoms with Gasteiger partial charge < -0.3 is 34.2 Å². The van der Waals surface area contributed by atoms with Gasteiger partial charge in [0.05, 0.1) is 13.2 Å².